The van der Waals surface area contributed by atoms with Crippen LogP contribution in [0, 0.1) is 0 Å². The number of aryl methyl sites for hydroxylation is 1. The molecule has 0 fully saturated rings. The molecule has 0 radical (unpaired) electrons. The number of methoxy groups -OCH3 is 1. The van der Waals surface area contributed by atoms with Gasteiger partial charge in [0.1, 0.15) is 17.5 Å². The molecule has 0 spiro atoms. The molecule has 2 aliphatic rings. The van der Waals surface area contributed by atoms with E-state index in [1.165, 1.54) is 11.4 Å². The van der Waals surface area contributed by atoms with Crippen LogP contribution < -0.4 is 13.8 Å². The Bertz CT molecular complexity index is 1280. The third-order valence-corrected chi connectivity index (χ3v) is 7.76. The summed E-state index contributed by atoms with van der Waals surface area (Å²) in [6.07, 6.45) is 0.558. The number of aromatic nitrogens is 2. The van der Waals surface area contributed by atoms with E-state index in [2.05, 4.69) is 5.10 Å². The number of aliphatic carboxylic acids is 1. The van der Waals surface area contributed by atoms with Gasteiger partial charge in [-0.1, -0.05) is 6.07 Å². The molecule has 0 saturated carbocycles. The van der Waals surface area contributed by atoms with E-state index in [1.54, 1.807) is 43.7 Å². The lowest BCUT2D eigenvalue weighted by Gasteiger charge is -2.35. The van der Waals surface area contributed by atoms with Crippen molar-refractivity contribution in [3.05, 3.63) is 29.5 Å². The van der Waals surface area contributed by atoms with Gasteiger partial charge in [-0.25, -0.2) is 8.42 Å². The predicted molar refractivity (Wildman–Crippen MR) is 129 cm³/mol. The van der Waals surface area contributed by atoms with E-state index in [1.807, 2.05) is 0 Å². The third kappa shape index (κ3) is 5.28. The molecule has 36 heavy (non-hydrogen) atoms. The number of rotatable bonds is 8. The van der Waals surface area contributed by atoms with Crippen LogP contribution in [0.25, 0.3) is 0 Å². The Kier molecular flexibility index (Phi) is 6.91. The number of sulfonamides is 1. The number of fused-ring (bicyclic) bond motifs is 2. The summed E-state index contributed by atoms with van der Waals surface area (Å²) in [5, 5.41) is 13.4. The fraction of sp³-hybridized carbons (Fsp3) is 0.542. The van der Waals surface area contributed by atoms with Crippen LogP contribution in [0.1, 0.15) is 51.3 Å². The molecule has 4 rings (SSSR count). The summed E-state index contributed by atoms with van der Waals surface area (Å²) in [4.78, 5) is 23.6. The summed E-state index contributed by atoms with van der Waals surface area (Å²) >= 11 is 0. The van der Waals surface area contributed by atoms with Crippen molar-refractivity contribution in [2.75, 3.05) is 18.0 Å². The van der Waals surface area contributed by atoms with Gasteiger partial charge in [0.25, 0.3) is 15.9 Å². The van der Waals surface area contributed by atoms with E-state index in [9.17, 15) is 18.0 Å². The van der Waals surface area contributed by atoms with Crippen molar-refractivity contribution in [3.63, 3.8) is 0 Å². The highest BCUT2D eigenvalue weighted by Gasteiger charge is 2.40. The zero-order chi connectivity index (χ0) is 26.3. The average molecular weight is 522 g/mol. The molecule has 12 heteroatoms. The second kappa shape index (κ2) is 9.64. The Morgan fingerprint density at radius 3 is 2.69 bits per heavy atom. The van der Waals surface area contributed by atoms with E-state index in [4.69, 9.17) is 19.3 Å². The SMILES string of the molecule is COc1nn2c(c1S(=O)(=O)N1C[C@H](CCC(=O)O)Oc3ccc(CC(=O)OC(C)(C)C)cc31)CCC2. The molecule has 2 aliphatic heterocycles. The van der Waals surface area contributed by atoms with Crippen LogP contribution in [-0.2, 0) is 43.7 Å². The number of carbonyl (C=O) groups excluding carboxylic acids is 1. The molecule has 0 aliphatic carbocycles. The smallest absolute Gasteiger partial charge is 0.310 e. The number of carbonyl (C=O) groups is 2. The van der Waals surface area contributed by atoms with E-state index in [0.29, 0.717) is 24.2 Å². The minimum atomic E-state index is -4.16. The van der Waals surface area contributed by atoms with Crippen LogP contribution >= 0.6 is 0 Å². The number of ether oxygens (including phenoxy) is 3. The van der Waals surface area contributed by atoms with Gasteiger partial charge in [-0.3, -0.25) is 18.6 Å². The van der Waals surface area contributed by atoms with Gasteiger partial charge in [0.2, 0.25) is 0 Å². The summed E-state index contributed by atoms with van der Waals surface area (Å²) in [5.41, 5.74) is 0.748. The molecule has 196 valence electrons. The molecule has 0 unspecified atom stereocenters. The summed E-state index contributed by atoms with van der Waals surface area (Å²) in [7, 11) is -2.79. The highest BCUT2D eigenvalue weighted by molar-refractivity contribution is 7.93. The Balaban J connectivity index is 1.74. The molecule has 1 aromatic carbocycles. The van der Waals surface area contributed by atoms with Crippen LogP contribution in [0.15, 0.2) is 23.1 Å². The van der Waals surface area contributed by atoms with Gasteiger partial charge in [0.15, 0.2) is 4.90 Å². The number of benzene rings is 1. The maximum atomic E-state index is 14.1. The Hall–Kier alpha value is -3.28. The molecule has 0 amide bonds. The number of nitrogens with zero attached hydrogens (tertiary/aromatic N) is 3. The van der Waals surface area contributed by atoms with Crippen LogP contribution in [-0.4, -0.2) is 60.6 Å². The van der Waals surface area contributed by atoms with Crippen LogP contribution in [0.3, 0.4) is 0 Å². The minimum Gasteiger partial charge on any atom is -0.486 e. The Labute approximate surface area is 210 Å². The standard InChI is InChI=1S/C24H31N3O8S/c1-24(2,3)35-21(30)13-15-7-9-19-18(12-15)27(14-16(34-19)8-10-20(28)29)36(31,32)22-17-6-5-11-26(17)25-23(22)33-4/h7,9,12,16H,5-6,8,10-11,13-14H2,1-4H3,(H,28,29)/t16-/m0/s1. The topological polar surface area (TPSA) is 137 Å². The summed E-state index contributed by atoms with van der Waals surface area (Å²) in [6.45, 7) is 5.83. The van der Waals surface area contributed by atoms with E-state index in [-0.39, 0.29) is 48.0 Å². The van der Waals surface area contributed by atoms with Crippen molar-refractivity contribution in [1.82, 2.24) is 9.78 Å². The predicted octanol–water partition coefficient (Wildman–Crippen LogP) is 2.54. The van der Waals surface area contributed by atoms with Crippen LogP contribution in [0.5, 0.6) is 11.6 Å². The molecule has 1 aromatic heterocycles. The molecule has 0 saturated heterocycles. The van der Waals surface area contributed by atoms with Gasteiger partial charge in [-0.15, -0.1) is 5.10 Å². The molecular weight excluding hydrogens is 490 g/mol. The molecular formula is C24H31N3O8S. The number of esters is 1. The van der Waals surface area contributed by atoms with Gasteiger partial charge in [-0.05, 0) is 57.7 Å². The first-order valence-corrected chi connectivity index (χ1v) is 13.2. The lowest BCUT2D eigenvalue weighted by Crippen LogP contribution is -2.44. The fourth-order valence-corrected chi connectivity index (χ4v) is 6.29. The second-order valence-electron chi connectivity index (χ2n) is 9.89. The Morgan fingerprint density at radius 1 is 1.28 bits per heavy atom. The van der Waals surface area contributed by atoms with Gasteiger partial charge < -0.3 is 19.3 Å². The lowest BCUT2D eigenvalue weighted by atomic mass is 10.1. The van der Waals surface area contributed by atoms with Crippen molar-refractivity contribution in [1.29, 1.82) is 0 Å². The lowest BCUT2D eigenvalue weighted by molar-refractivity contribution is -0.154. The van der Waals surface area contributed by atoms with Crippen molar-refractivity contribution in [2.45, 2.75) is 76.0 Å². The summed E-state index contributed by atoms with van der Waals surface area (Å²) in [5.74, 6) is -1.13. The maximum Gasteiger partial charge on any atom is 0.310 e. The van der Waals surface area contributed by atoms with Crippen molar-refractivity contribution >= 4 is 27.6 Å². The Morgan fingerprint density at radius 2 is 2.03 bits per heavy atom. The monoisotopic (exact) mass is 521 g/mol. The first-order chi connectivity index (χ1) is 16.9. The van der Waals surface area contributed by atoms with Crippen molar-refractivity contribution in [2.24, 2.45) is 0 Å². The highest BCUT2D eigenvalue weighted by Crippen LogP contribution is 2.42. The van der Waals surface area contributed by atoms with E-state index in [0.717, 1.165) is 6.42 Å². The summed E-state index contributed by atoms with van der Waals surface area (Å²) in [6, 6.07) is 4.87. The van der Waals surface area contributed by atoms with Crippen LogP contribution in [0.2, 0.25) is 0 Å². The first kappa shape index (κ1) is 25.8. The number of carboxylic acid groups (broad SMARTS) is 1. The normalized spacial score (nSPS) is 17.2. The maximum absolute atomic E-state index is 14.1. The van der Waals surface area contributed by atoms with Gasteiger partial charge in [0, 0.05) is 13.0 Å². The molecule has 0 bridgehead atoms. The van der Waals surface area contributed by atoms with E-state index < -0.39 is 33.7 Å². The molecule has 1 atom stereocenters. The molecule has 3 heterocycles. The largest absolute Gasteiger partial charge is 0.486 e. The number of anilines is 1. The van der Waals surface area contributed by atoms with Gasteiger partial charge in [-0.2, -0.15) is 0 Å². The van der Waals surface area contributed by atoms with Gasteiger partial charge in [0.05, 0.1) is 31.5 Å². The fourth-order valence-electron chi connectivity index (χ4n) is 4.46. The molecule has 1 N–H and O–H groups in total. The minimum absolute atomic E-state index is 0.00452. The number of carboxylic acids is 1. The number of hydrogen-bond donors (Lipinski definition) is 1. The van der Waals surface area contributed by atoms with Gasteiger partial charge >= 0.3 is 11.9 Å². The zero-order valence-electron chi connectivity index (χ0n) is 20.8. The average Bonchev–Trinajstić information content (AvgIpc) is 3.36. The molecule has 2 aromatic rings. The summed E-state index contributed by atoms with van der Waals surface area (Å²) < 4.78 is 47.7. The number of hydrogen-bond acceptors (Lipinski definition) is 8. The highest BCUT2D eigenvalue weighted by atomic mass is 32.2. The van der Waals surface area contributed by atoms with Crippen molar-refractivity contribution in [3.8, 4) is 11.6 Å². The van der Waals surface area contributed by atoms with E-state index >= 15 is 0 Å². The molecule has 11 nitrogen and oxygen atoms in total. The third-order valence-electron chi connectivity index (χ3n) is 5.91. The quantitative estimate of drug-likeness (QED) is 0.520. The van der Waals surface area contributed by atoms with Crippen molar-refractivity contribution < 1.29 is 37.3 Å². The second-order valence-corrected chi connectivity index (χ2v) is 11.7. The zero-order valence-corrected chi connectivity index (χ0v) is 21.6. The van der Waals surface area contributed by atoms with Crippen LogP contribution in [0.4, 0.5) is 5.69 Å². The first-order valence-electron chi connectivity index (χ1n) is 11.8.